The van der Waals surface area contributed by atoms with E-state index in [1.807, 2.05) is 0 Å². The summed E-state index contributed by atoms with van der Waals surface area (Å²) in [5.74, 6) is 1.01. The molecule has 0 radical (unpaired) electrons. The number of ether oxygens (including phenoxy) is 1. The van der Waals surface area contributed by atoms with Crippen LogP contribution in [0.1, 0.15) is 24.0 Å². The van der Waals surface area contributed by atoms with Crippen LogP contribution in [0.5, 0.6) is 5.75 Å². The third-order valence-electron chi connectivity index (χ3n) is 3.43. The molecule has 18 heavy (non-hydrogen) atoms. The molecule has 1 fully saturated rings. The van der Waals surface area contributed by atoms with Gasteiger partial charge in [-0.15, -0.1) is 0 Å². The second-order valence-electron chi connectivity index (χ2n) is 5.11. The summed E-state index contributed by atoms with van der Waals surface area (Å²) in [5.41, 5.74) is 2.46. The van der Waals surface area contributed by atoms with Gasteiger partial charge in [-0.2, -0.15) is 0 Å². The normalized spacial score (nSPS) is 19.8. The van der Waals surface area contributed by atoms with Gasteiger partial charge in [0.15, 0.2) is 0 Å². The summed E-state index contributed by atoms with van der Waals surface area (Å²) < 4.78 is 5.83. The summed E-state index contributed by atoms with van der Waals surface area (Å²) in [7, 11) is 0. The van der Waals surface area contributed by atoms with Gasteiger partial charge < -0.3 is 15.4 Å². The lowest BCUT2D eigenvalue weighted by Gasteiger charge is -2.24. The predicted molar refractivity (Wildman–Crippen MR) is 75.3 cm³/mol. The summed E-state index contributed by atoms with van der Waals surface area (Å²) >= 11 is 0. The van der Waals surface area contributed by atoms with Crippen LogP contribution in [0.4, 0.5) is 0 Å². The van der Waals surface area contributed by atoms with Gasteiger partial charge in [0, 0.05) is 19.1 Å². The van der Waals surface area contributed by atoms with Crippen molar-refractivity contribution in [1.82, 2.24) is 10.6 Å². The van der Waals surface area contributed by atoms with E-state index in [2.05, 4.69) is 42.7 Å². The molecule has 0 spiro atoms. The van der Waals surface area contributed by atoms with Gasteiger partial charge in [-0.1, -0.05) is 12.1 Å². The van der Waals surface area contributed by atoms with E-state index in [4.69, 9.17) is 4.74 Å². The molecule has 1 aliphatic heterocycles. The Balaban J connectivity index is 1.69. The van der Waals surface area contributed by atoms with Gasteiger partial charge >= 0.3 is 0 Å². The molecule has 1 saturated heterocycles. The highest BCUT2D eigenvalue weighted by Crippen LogP contribution is 2.18. The molecule has 2 N–H and O–H groups in total. The molecule has 3 nitrogen and oxygen atoms in total. The van der Waals surface area contributed by atoms with E-state index in [1.54, 1.807) is 0 Å². The molecule has 0 aromatic heterocycles. The van der Waals surface area contributed by atoms with E-state index in [9.17, 15) is 0 Å². The maximum absolute atomic E-state index is 5.83. The van der Waals surface area contributed by atoms with Crippen molar-refractivity contribution in [2.45, 2.75) is 32.7 Å². The highest BCUT2D eigenvalue weighted by molar-refractivity contribution is 5.35. The zero-order valence-electron chi connectivity index (χ0n) is 11.5. The summed E-state index contributed by atoms with van der Waals surface area (Å²) in [4.78, 5) is 0. The monoisotopic (exact) mass is 248 g/mol. The number of hydrogen-bond donors (Lipinski definition) is 2. The Morgan fingerprint density at radius 1 is 1.39 bits per heavy atom. The Kier molecular flexibility index (Phi) is 5.02. The van der Waals surface area contributed by atoms with Crippen LogP contribution in [-0.4, -0.2) is 32.3 Å². The molecule has 0 aliphatic carbocycles. The van der Waals surface area contributed by atoms with Crippen LogP contribution >= 0.6 is 0 Å². The Morgan fingerprint density at radius 3 is 3.06 bits per heavy atom. The smallest absolute Gasteiger partial charge is 0.122 e. The van der Waals surface area contributed by atoms with Crippen molar-refractivity contribution in [2.75, 3.05) is 26.2 Å². The molecule has 3 heteroatoms. The molecular formula is C15H24N2O. The van der Waals surface area contributed by atoms with Crippen LogP contribution in [0.3, 0.4) is 0 Å². The number of rotatable bonds is 5. The number of piperidine rings is 1. The second-order valence-corrected chi connectivity index (χ2v) is 5.11. The number of benzene rings is 1. The number of aryl methyl sites for hydroxylation is 2. The average molecular weight is 248 g/mol. The highest BCUT2D eigenvalue weighted by Gasteiger charge is 2.11. The third kappa shape index (κ3) is 4.00. The van der Waals surface area contributed by atoms with Crippen molar-refractivity contribution in [3.8, 4) is 5.75 Å². The first-order valence-electron chi connectivity index (χ1n) is 6.90. The molecular weight excluding hydrogens is 224 g/mol. The summed E-state index contributed by atoms with van der Waals surface area (Å²) in [6.07, 6.45) is 2.55. The first-order chi connectivity index (χ1) is 8.75. The molecule has 100 valence electrons. The van der Waals surface area contributed by atoms with Gasteiger partial charge in [-0.05, 0) is 50.4 Å². The first-order valence-corrected chi connectivity index (χ1v) is 6.90. The Hall–Kier alpha value is -1.06. The number of nitrogens with one attached hydrogen (secondary N) is 2. The third-order valence-corrected chi connectivity index (χ3v) is 3.43. The summed E-state index contributed by atoms with van der Waals surface area (Å²) in [5, 5.41) is 6.95. The van der Waals surface area contributed by atoms with Gasteiger partial charge in [-0.25, -0.2) is 0 Å². The standard InChI is InChI=1S/C15H24N2O/c1-12-5-6-13(2)15(10-12)18-9-8-17-14-4-3-7-16-11-14/h5-6,10,14,16-17H,3-4,7-9,11H2,1-2H3/t14-/m0/s1. The van der Waals surface area contributed by atoms with Crippen LogP contribution in [0, 0.1) is 13.8 Å². The molecule has 2 rings (SSSR count). The van der Waals surface area contributed by atoms with Crippen molar-refractivity contribution in [2.24, 2.45) is 0 Å². The fourth-order valence-electron chi connectivity index (χ4n) is 2.31. The molecule has 0 bridgehead atoms. The SMILES string of the molecule is Cc1ccc(C)c(OCCN[C@H]2CCCNC2)c1. The molecule has 0 saturated carbocycles. The van der Waals surface area contributed by atoms with E-state index < -0.39 is 0 Å². The second kappa shape index (κ2) is 6.76. The Labute approximate surface area is 110 Å². The van der Waals surface area contributed by atoms with Gasteiger partial charge in [0.2, 0.25) is 0 Å². The lowest BCUT2D eigenvalue weighted by Crippen LogP contribution is -2.44. The van der Waals surface area contributed by atoms with E-state index in [1.165, 1.54) is 24.0 Å². The van der Waals surface area contributed by atoms with Crippen molar-refractivity contribution in [1.29, 1.82) is 0 Å². The molecule has 0 amide bonds. The van der Waals surface area contributed by atoms with Crippen molar-refractivity contribution >= 4 is 0 Å². The first kappa shape index (κ1) is 13.4. The molecule has 1 atom stereocenters. The minimum atomic E-state index is 0.612. The van der Waals surface area contributed by atoms with E-state index in [0.29, 0.717) is 6.04 Å². The molecule has 1 aromatic rings. The largest absolute Gasteiger partial charge is 0.492 e. The van der Waals surface area contributed by atoms with Gasteiger partial charge in [-0.3, -0.25) is 0 Å². The fourth-order valence-corrected chi connectivity index (χ4v) is 2.31. The van der Waals surface area contributed by atoms with Crippen LogP contribution < -0.4 is 15.4 Å². The topological polar surface area (TPSA) is 33.3 Å². The van der Waals surface area contributed by atoms with Crippen LogP contribution in [0.25, 0.3) is 0 Å². The lowest BCUT2D eigenvalue weighted by molar-refractivity contribution is 0.292. The summed E-state index contributed by atoms with van der Waals surface area (Å²) in [6, 6.07) is 6.95. The molecule has 0 unspecified atom stereocenters. The van der Waals surface area contributed by atoms with Crippen molar-refractivity contribution in [3.05, 3.63) is 29.3 Å². The maximum Gasteiger partial charge on any atom is 0.122 e. The fraction of sp³-hybridized carbons (Fsp3) is 0.600. The minimum absolute atomic E-state index is 0.612. The average Bonchev–Trinajstić information content (AvgIpc) is 2.40. The zero-order chi connectivity index (χ0) is 12.8. The van der Waals surface area contributed by atoms with Crippen LogP contribution in [0.15, 0.2) is 18.2 Å². The van der Waals surface area contributed by atoms with Crippen molar-refractivity contribution in [3.63, 3.8) is 0 Å². The molecule has 1 aliphatic rings. The Bertz CT molecular complexity index is 373. The van der Waals surface area contributed by atoms with Crippen LogP contribution in [0.2, 0.25) is 0 Å². The highest BCUT2D eigenvalue weighted by atomic mass is 16.5. The van der Waals surface area contributed by atoms with E-state index in [0.717, 1.165) is 32.0 Å². The van der Waals surface area contributed by atoms with Crippen LogP contribution in [-0.2, 0) is 0 Å². The quantitative estimate of drug-likeness (QED) is 0.782. The van der Waals surface area contributed by atoms with E-state index in [-0.39, 0.29) is 0 Å². The predicted octanol–water partition coefficient (Wildman–Crippen LogP) is 2.02. The molecule has 1 aromatic carbocycles. The van der Waals surface area contributed by atoms with Gasteiger partial charge in [0.25, 0.3) is 0 Å². The summed E-state index contributed by atoms with van der Waals surface area (Å²) in [6.45, 7) is 8.09. The van der Waals surface area contributed by atoms with Gasteiger partial charge in [0.05, 0.1) is 0 Å². The van der Waals surface area contributed by atoms with Crippen molar-refractivity contribution < 1.29 is 4.74 Å². The lowest BCUT2D eigenvalue weighted by atomic mass is 10.1. The Morgan fingerprint density at radius 2 is 2.28 bits per heavy atom. The zero-order valence-corrected chi connectivity index (χ0v) is 11.5. The minimum Gasteiger partial charge on any atom is -0.492 e. The van der Waals surface area contributed by atoms with E-state index >= 15 is 0 Å². The molecule has 1 heterocycles. The van der Waals surface area contributed by atoms with Gasteiger partial charge in [0.1, 0.15) is 12.4 Å². The maximum atomic E-state index is 5.83. The number of hydrogen-bond acceptors (Lipinski definition) is 3.